The number of aromatic nitrogens is 2. The van der Waals surface area contributed by atoms with E-state index in [1.807, 2.05) is 38.1 Å². The zero-order chi connectivity index (χ0) is 13.8. The summed E-state index contributed by atoms with van der Waals surface area (Å²) in [4.78, 5) is 18.3. The van der Waals surface area contributed by atoms with Gasteiger partial charge in [-0.1, -0.05) is 12.1 Å². The fourth-order valence-electron chi connectivity index (χ4n) is 2.11. The minimum atomic E-state index is -0.759. The number of rotatable bonds is 6. The van der Waals surface area contributed by atoms with E-state index in [9.17, 15) is 4.79 Å². The normalized spacial score (nSPS) is 14.4. The van der Waals surface area contributed by atoms with Crippen LogP contribution in [0.15, 0.2) is 24.3 Å². The van der Waals surface area contributed by atoms with Crippen molar-refractivity contribution in [1.82, 2.24) is 15.3 Å². The lowest BCUT2D eigenvalue weighted by atomic mass is 10.1. The Morgan fingerprint density at radius 2 is 2.16 bits per heavy atom. The van der Waals surface area contributed by atoms with E-state index >= 15 is 0 Å². The molecule has 102 valence electrons. The van der Waals surface area contributed by atoms with Gasteiger partial charge >= 0.3 is 5.97 Å². The van der Waals surface area contributed by atoms with Crippen molar-refractivity contribution in [3.05, 3.63) is 30.1 Å². The quantitative estimate of drug-likeness (QED) is 0.746. The van der Waals surface area contributed by atoms with Crippen LogP contribution < -0.4 is 5.32 Å². The molecular weight excluding hydrogens is 242 g/mol. The number of nitrogens with zero attached hydrogens (tertiary/aromatic N) is 1. The smallest absolute Gasteiger partial charge is 0.303 e. The first-order valence-electron chi connectivity index (χ1n) is 6.48. The van der Waals surface area contributed by atoms with Crippen molar-refractivity contribution in [2.45, 2.75) is 38.8 Å². The number of hydrogen-bond donors (Lipinski definition) is 3. The maximum absolute atomic E-state index is 10.5. The number of carbonyl (C=O) groups is 1. The highest BCUT2D eigenvalue weighted by Crippen LogP contribution is 2.16. The van der Waals surface area contributed by atoms with Gasteiger partial charge in [-0.2, -0.15) is 0 Å². The van der Waals surface area contributed by atoms with Crippen molar-refractivity contribution in [2.75, 3.05) is 0 Å². The zero-order valence-corrected chi connectivity index (χ0v) is 11.2. The number of fused-ring (bicyclic) bond motifs is 1. The van der Waals surface area contributed by atoms with Gasteiger partial charge in [0.2, 0.25) is 0 Å². The maximum atomic E-state index is 10.5. The average molecular weight is 261 g/mol. The molecule has 19 heavy (non-hydrogen) atoms. The highest BCUT2D eigenvalue weighted by molar-refractivity contribution is 5.74. The number of aliphatic carboxylic acids is 1. The topological polar surface area (TPSA) is 78.0 Å². The molecule has 5 heteroatoms. The summed E-state index contributed by atoms with van der Waals surface area (Å²) in [5.74, 6) is 0.119. The van der Waals surface area contributed by atoms with Gasteiger partial charge in [-0.05, 0) is 32.4 Å². The monoisotopic (exact) mass is 261 g/mol. The van der Waals surface area contributed by atoms with Crippen molar-refractivity contribution < 1.29 is 9.90 Å². The predicted octanol–water partition coefficient (Wildman–Crippen LogP) is 2.47. The number of carboxylic acids is 1. The summed E-state index contributed by atoms with van der Waals surface area (Å²) in [6.45, 7) is 4.01. The van der Waals surface area contributed by atoms with Gasteiger partial charge in [0.15, 0.2) is 0 Å². The molecule has 0 aliphatic heterocycles. The molecule has 1 aromatic heterocycles. The van der Waals surface area contributed by atoms with Crippen molar-refractivity contribution in [1.29, 1.82) is 0 Å². The Bertz CT molecular complexity index is 532. The highest BCUT2D eigenvalue weighted by Gasteiger charge is 2.13. The maximum Gasteiger partial charge on any atom is 0.303 e. The average Bonchev–Trinajstić information content (AvgIpc) is 2.80. The summed E-state index contributed by atoms with van der Waals surface area (Å²) in [5, 5.41) is 12.0. The number of hydrogen-bond acceptors (Lipinski definition) is 3. The molecule has 0 spiro atoms. The second kappa shape index (κ2) is 5.84. The molecule has 0 bridgehead atoms. The van der Waals surface area contributed by atoms with E-state index in [0.29, 0.717) is 6.42 Å². The molecule has 5 nitrogen and oxygen atoms in total. The number of imidazole rings is 1. The Morgan fingerprint density at radius 1 is 1.42 bits per heavy atom. The number of benzene rings is 1. The molecule has 0 amide bonds. The second-order valence-corrected chi connectivity index (χ2v) is 4.86. The van der Waals surface area contributed by atoms with Crippen LogP contribution in [0.25, 0.3) is 11.0 Å². The van der Waals surface area contributed by atoms with E-state index in [0.717, 1.165) is 16.9 Å². The summed E-state index contributed by atoms with van der Waals surface area (Å²) >= 11 is 0. The van der Waals surface area contributed by atoms with Crippen LogP contribution >= 0.6 is 0 Å². The third-order valence-electron chi connectivity index (χ3n) is 3.14. The Labute approximate surface area is 112 Å². The molecular formula is C14H19N3O2. The largest absolute Gasteiger partial charge is 0.481 e. The van der Waals surface area contributed by atoms with Gasteiger partial charge in [0, 0.05) is 12.5 Å². The molecule has 0 saturated carbocycles. The SMILES string of the molecule is CC(CCC(=O)O)NC(C)c1nc2ccccc2[nH]1. The molecule has 2 rings (SSSR count). The van der Waals surface area contributed by atoms with E-state index < -0.39 is 5.97 Å². The lowest BCUT2D eigenvalue weighted by molar-refractivity contribution is -0.137. The first kappa shape index (κ1) is 13.5. The summed E-state index contributed by atoms with van der Waals surface area (Å²) in [6, 6.07) is 8.09. The van der Waals surface area contributed by atoms with Crippen LogP contribution in [0.2, 0.25) is 0 Å². The molecule has 2 aromatic rings. The van der Waals surface area contributed by atoms with Crippen LogP contribution in [-0.2, 0) is 4.79 Å². The first-order chi connectivity index (χ1) is 9.06. The van der Waals surface area contributed by atoms with Gasteiger partial charge < -0.3 is 15.4 Å². The molecule has 0 fully saturated rings. The second-order valence-electron chi connectivity index (χ2n) is 4.86. The molecule has 3 N–H and O–H groups in total. The predicted molar refractivity (Wildman–Crippen MR) is 74.0 cm³/mol. The van der Waals surface area contributed by atoms with Crippen molar-refractivity contribution >= 4 is 17.0 Å². The molecule has 0 aliphatic rings. The van der Waals surface area contributed by atoms with E-state index in [1.165, 1.54) is 0 Å². The van der Waals surface area contributed by atoms with Gasteiger partial charge in [0.25, 0.3) is 0 Å². The fourth-order valence-corrected chi connectivity index (χ4v) is 2.11. The van der Waals surface area contributed by atoms with Gasteiger partial charge in [-0.15, -0.1) is 0 Å². The standard InChI is InChI=1S/C14H19N3O2/c1-9(7-8-13(18)19)15-10(2)14-16-11-5-3-4-6-12(11)17-14/h3-6,9-10,15H,7-8H2,1-2H3,(H,16,17)(H,18,19). The Hall–Kier alpha value is -1.88. The van der Waals surface area contributed by atoms with Gasteiger partial charge in [0.05, 0.1) is 17.1 Å². The Morgan fingerprint density at radius 3 is 2.84 bits per heavy atom. The van der Waals surface area contributed by atoms with Gasteiger partial charge in [0.1, 0.15) is 5.82 Å². The van der Waals surface area contributed by atoms with E-state index in [1.54, 1.807) is 0 Å². The van der Waals surface area contributed by atoms with Gasteiger partial charge in [-0.25, -0.2) is 4.98 Å². The minimum absolute atomic E-state index is 0.0659. The van der Waals surface area contributed by atoms with Gasteiger partial charge in [-0.3, -0.25) is 4.79 Å². The highest BCUT2D eigenvalue weighted by atomic mass is 16.4. The number of aromatic amines is 1. The van der Waals surface area contributed by atoms with Crippen LogP contribution in [0.1, 0.15) is 38.6 Å². The van der Waals surface area contributed by atoms with Crippen molar-refractivity contribution in [3.63, 3.8) is 0 Å². The number of para-hydroxylation sites is 2. The van der Waals surface area contributed by atoms with Crippen LogP contribution in [0, 0.1) is 0 Å². The Balaban J connectivity index is 1.99. The number of nitrogens with one attached hydrogen (secondary N) is 2. The van der Waals surface area contributed by atoms with Crippen LogP contribution in [0.5, 0.6) is 0 Å². The first-order valence-corrected chi connectivity index (χ1v) is 6.48. The molecule has 2 atom stereocenters. The molecule has 0 saturated heterocycles. The summed E-state index contributed by atoms with van der Waals surface area (Å²) in [5.41, 5.74) is 1.97. The minimum Gasteiger partial charge on any atom is -0.481 e. The summed E-state index contributed by atoms with van der Waals surface area (Å²) < 4.78 is 0. The van der Waals surface area contributed by atoms with E-state index in [2.05, 4.69) is 15.3 Å². The van der Waals surface area contributed by atoms with Crippen LogP contribution in [0.4, 0.5) is 0 Å². The van der Waals surface area contributed by atoms with E-state index in [4.69, 9.17) is 5.11 Å². The number of H-pyrrole nitrogens is 1. The lowest BCUT2D eigenvalue weighted by Crippen LogP contribution is -2.30. The fraction of sp³-hybridized carbons (Fsp3) is 0.429. The van der Waals surface area contributed by atoms with Crippen LogP contribution in [-0.4, -0.2) is 27.1 Å². The van der Waals surface area contributed by atoms with E-state index in [-0.39, 0.29) is 18.5 Å². The lowest BCUT2D eigenvalue weighted by Gasteiger charge is -2.17. The molecule has 0 radical (unpaired) electrons. The Kier molecular flexibility index (Phi) is 4.16. The zero-order valence-electron chi connectivity index (χ0n) is 11.2. The van der Waals surface area contributed by atoms with Crippen molar-refractivity contribution in [3.8, 4) is 0 Å². The molecule has 2 unspecified atom stereocenters. The third kappa shape index (κ3) is 3.54. The molecule has 0 aliphatic carbocycles. The molecule has 1 aromatic carbocycles. The number of carboxylic acid groups (broad SMARTS) is 1. The van der Waals surface area contributed by atoms with Crippen molar-refractivity contribution in [2.24, 2.45) is 0 Å². The molecule has 1 heterocycles. The summed E-state index contributed by atoms with van der Waals surface area (Å²) in [6.07, 6.45) is 0.793. The van der Waals surface area contributed by atoms with Crippen LogP contribution in [0.3, 0.4) is 0 Å². The third-order valence-corrected chi connectivity index (χ3v) is 3.14. The summed E-state index contributed by atoms with van der Waals surface area (Å²) in [7, 11) is 0.